The maximum absolute atomic E-state index is 5.63. The highest BCUT2D eigenvalue weighted by molar-refractivity contribution is 7.99. The van der Waals surface area contributed by atoms with Crippen molar-refractivity contribution in [2.24, 2.45) is 0 Å². The van der Waals surface area contributed by atoms with Gasteiger partial charge in [0, 0.05) is 70.4 Å². The zero-order chi connectivity index (χ0) is 54.1. The summed E-state index contributed by atoms with van der Waals surface area (Å²) >= 11 is 1.79. The van der Waals surface area contributed by atoms with Crippen LogP contribution in [0.15, 0.2) is 277 Å². The van der Waals surface area contributed by atoms with Crippen LogP contribution >= 0.6 is 11.8 Å². The molecular formula is C71H44N10S. The summed E-state index contributed by atoms with van der Waals surface area (Å²) in [6.07, 6.45) is 0. The lowest BCUT2D eigenvalue weighted by Crippen LogP contribution is -2.16. The van der Waals surface area contributed by atoms with Crippen molar-refractivity contribution in [3.05, 3.63) is 267 Å². The van der Waals surface area contributed by atoms with Gasteiger partial charge >= 0.3 is 0 Å². The Morgan fingerprint density at radius 1 is 0.268 bits per heavy atom. The molecule has 0 spiro atoms. The molecule has 82 heavy (non-hydrogen) atoms. The molecule has 0 saturated heterocycles. The van der Waals surface area contributed by atoms with Gasteiger partial charge in [0.2, 0.25) is 0 Å². The van der Waals surface area contributed by atoms with Crippen molar-refractivity contribution in [1.29, 1.82) is 0 Å². The second-order valence-electron chi connectivity index (χ2n) is 20.1. The summed E-state index contributed by atoms with van der Waals surface area (Å²) in [5, 5.41) is 4.43. The van der Waals surface area contributed by atoms with E-state index in [4.69, 9.17) is 34.9 Å². The van der Waals surface area contributed by atoms with Gasteiger partial charge < -0.3 is 4.57 Å². The molecule has 10 nitrogen and oxygen atoms in total. The van der Waals surface area contributed by atoms with E-state index in [9.17, 15) is 0 Å². The van der Waals surface area contributed by atoms with E-state index in [-0.39, 0.29) is 0 Å². The average Bonchev–Trinajstić information content (AvgIpc) is 3.05. The van der Waals surface area contributed by atoms with E-state index in [0.29, 0.717) is 34.9 Å². The van der Waals surface area contributed by atoms with Crippen LogP contribution in [0.2, 0.25) is 0 Å². The molecule has 6 heterocycles. The average molecular weight is 1070 g/mol. The molecular weight excluding hydrogens is 1020 g/mol. The minimum atomic E-state index is 0.503. The highest BCUT2D eigenvalue weighted by atomic mass is 32.2. The van der Waals surface area contributed by atoms with Gasteiger partial charge in [-0.1, -0.05) is 206 Å². The lowest BCUT2D eigenvalue weighted by Gasteiger charge is -2.32. The van der Waals surface area contributed by atoms with Gasteiger partial charge in [-0.2, -0.15) is 0 Å². The van der Waals surface area contributed by atoms with E-state index >= 15 is 0 Å². The first-order chi connectivity index (χ1) is 40.6. The lowest BCUT2D eigenvalue weighted by atomic mass is 10.1. The third-order valence-electron chi connectivity index (χ3n) is 15.2. The molecule has 384 valence electrons. The van der Waals surface area contributed by atoms with Gasteiger partial charge in [0.15, 0.2) is 34.9 Å². The van der Waals surface area contributed by atoms with Crippen molar-refractivity contribution >= 4 is 72.6 Å². The third kappa shape index (κ3) is 8.01. The van der Waals surface area contributed by atoms with E-state index in [0.717, 1.165) is 106 Å². The number of nitrogens with zero attached hydrogens (tertiary/aromatic N) is 10. The molecule has 5 aromatic heterocycles. The smallest absolute Gasteiger partial charge is 0.164 e. The molecule has 0 radical (unpaired) electrons. The van der Waals surface area contributed by atoms with Gasteiger partial charge in [-0.3, -0.25) is 9.47 Å². The van der Waals surface area contributed by atoms with Crippen molar-refractivity contribution in [3.8, 4) is 79.8 Å². The van der Waals surface area contributed by atoms with E-state index in [1.54, 1.807) is 11.8 Å². The van der Waals surface area contributed by atoms with Crippen LogP contribution in [0.1, 0.15) is 0 Å². The normalized spacial score (nSPS) is 12.1. The number of pyridine rings is 1. The van der Waals surface area contributed by atoms with Crippen molar-refractivity contribution < 1.29 is 0 Å². The van der Waals surface area contributed by atoms with Gasteiger partial charge in [-0.25, -0.2) is 34.9 Å². The number of hydrogen-bond donors (Lipinski definition) is 0. The molecule has 0 atom stereocenters. The van der Waals surface area contributed by atoms with Gasteiger partial charge in [0.1, 0.15) is 11.6 Å². The number of anilines is 3. The summed E-state index contributed by atoms with van der Waals surface area (Å²) in [5.41, 5.74) is 12.2. The van der Waals surface area contributed by atoms with Crippen molar-refractivity contribution in [1.82, 2.24) is 44.0 Å². The van der Waals surface area contributed by atoms with Crippen LogP contribution in [0.5, 0.6) is 0 Å². The molecule has 0 bridgehead atoms. The fourth-order valence-corrected chi connectivity index (χ4v) is 12.6. The number of aromatic nitrogens is 9. The first kappa shape index (κ1) is 47.1. The van der Waals surface area contributed by atoms with Crippen LogP contribution in [0.3, 0.4) is 0 Å². The molecule has 0 unspecified atom stereocenters. The monoisotopic (exact) mass is 1070 g/mol. The zero-order valence-corrected chi connectivity index (χ0v) is 44.6. The Morgan fingerprint density at radius 3 is 1.20 bits per heavy atom. The van der Waals surface area contributed by atoms with Crippen molar-refractivity contribution in [3.63, 3.8) is 0 Å². The minimum Gasteiger partial charge on any atom is -0.309 e. The molecule has 0 N–H and O–H groups in total. The summed E-state index contributed by atoms with van der Waals surface area (Å²) < 4.78 is 4.71. The first-order valence-corrected chi connectivity index (χ1v) is 28.0. The molecule has 1 aliphatic heterocycles. The molecule has 0 saturated carbocycles. The zero-order valence-electron chi connectivity index (χ0n) is 43.8. The lowest BCUT2D eigenvalue weighted by molar-refractivity contribution is 1.05. The van der Waals surface area contributed by atoms with E-state index in [1.165, 1.54) is 9.79 Å². The summed E-state index contributed by atoms with van der Waals surface area (Å²) in [4.78, 5) is 41.6. The molecule has 10 aromatic carbocycles. The maximum Gasteiger partial charge on any atom is 0.164 e. The van der Waals surface area contributed by atoms with E-state index in [2.05, 4.69) is 160 Å². The predicted octanol–water partition coefficient (Wildman–Crippen LogP) is 17.6. The second-order valence-corrected chi connectivity index (χ2v) is 21.2. The second kappa shape index (κ2) is 19.5. The Kier molecular flexibility index (Phi) is 11.2. The van der Waals surface area contributed by atoms with Gasteiger partial charge in [-0.15, -0.1) is 0 Å². The predicted molar refractivity (Wildman–Crippen MR) is 331 cm³/mol. The van der Waals surface area contributed by atoms with Gasteiger partial charge in [0.05, 0.1) is 33.4 Å². The molecule has 11 heteroatoms. The number of hydrogen-bond acceptors (Lipinski definition) is 9. The Morgan fingerprint density at radius 2 is 0.683 bits per heavy atom. The number of benzene rings is 10. The van der Waals surface area contributed by atoms with Crippen LogP contribution < -0.4 is 4.90 Å². The highest BCUT2D eigenvalue weighted by Gasteiger charge is 2.28. The first-order valence-electron chi connectivity index (χ1n) is 27.1. The summed E-state index contributed by atoms with van der Waals surface area (Å²) in [5.74, 6) is 4.89. The van der Waals surface area contributed by atoms with Gasteiger partial charge in [-0.05, 0) is 72.8 Å². The largest absolute Gasteiger partial charge is 0.309 e. The van der Waals surface area contributed by atoms with Gasteiger partial charge in [0.25, 0.3) is 0 Å². The summed E-state index contributed by atoms with van der Waals surface area (Å²) in [6, 6.07) is 92.2. The summed E-state index contributed by atoms with van der Waals surface area (Å²) in [7, 11) is 0. The number of rotatable bonds is 9. The van der Waals surface area contributed by atoms with Crippen LogP contribution in [0.25, 0.3) is 123 Å². The quantitative estimate of drug-likeness (QED) is 0.140. The van der Waals surface area contributed by atoms with Crippen LogP contribution in [0.4, 0.5) is 17.2 Å². The SMILES string of the molecule is c1ccc(-c2nc(-c3ccccc3)nc(-c3cc(-c4nc(-c5ccccc5)nc(-c5ccccc5)n4)cc(-n4c5ccccc5c5c4ccc4c6ccccc6n(-c6cccc(N7c8ccccc8Sc8ccccc87)n6)c45)c3)n2)cc1. The molecule has 0 amide bonds. The van der Waals surface area contributed by atoms with E-state index < -0.39 is 0 Å². The molecule has 0 fully saturated rings. The molecule has 15 aromatic rings. The van der Waals surface area contributed by atoms with Crippen molar-refractivity contribution in [2.75, 3.05) is 4.90 Å². The minimum absolute atomic E-state index is 0.503. The van der Waals surface area contributed by atoms with Crippen LogP contribution in [-0.4, -0.2) is 44.0 Å². The molecule has 16 rings (SSSR count). The van der Waals surface area contributed by atoms with Crippen LogP contribution in [-0.2, 0) is 0 Å². The fraction of sp³-hybridized carbons (Fsp3) is 0. The molecule has 1 aliphatic rings. The van der Waals surface area contributed by atoms with E-state index in [1.807, 2.05) is 121 Å². The standard InChI is InChI=1S/C71H44N10S/c1-5-22-45(23-6-1)66-73-67(46-24-7-2-8-25-46)76-70(75-66)49-42-50(71-77-68(47-26-9-3-10-27-47)74-69(78-71)48-28-11-4-12-29-48)44-51(43-49)79-56-33-16-14-31-54(56)64-59(79)41-40-53-52-30-13-15-32-55(52)81(65(53)64)63-39-21-38-62(72-63)80-57-34-17-19-36-60(57)82-61-37-20-18-35-58(61)80/h1-44H. The number of para-hydroxylation sites is 4. The van der Waals surface area contributed by atoms with Crippen LogP contribution in [0, 0.1) is 0 Å². The highest BCUT2D eigenvalue weighted by Crippen LogP contribution is 2.51. The Labute approximate surface area is 475 Å². The Bertz CT molecular complexity index is 4660. The van der Waals surface area contributed by atoms with Crippen molar-refractivity contribution in [2.45, 2.75) is 9.79 Å². The topological polar surface area (TPSA) is 103 Å². The number of fused-ring (bicyclic) bond motifs is 9. The third-order valence-corrected chi connectivity index (χ3v) is 16.3. The Hall–Kier alpha value is -10.9. The Balaban J connectivity index is 0.966. The maximum atomic E-state index is 5.63. The summed E-state index contributed by atoms with van der Waals surface area (Å²) in [6.45, 7) is 0. The fourth-order valence-electron chi connectivity index (χ4n) is 11.5. The molecule has 0 aliphatic carbocycles.